The van der Waals surface area contributed by atoms with Gasteiger partial charge in [0.2, 0.25) is 5.91 Å². The van der Waals surface area contributed by atoms with E-state index in [2.05, 4.69) is 47.5 Å². The summed E-state index contributed by atoms with van der Waals surface area (Å²) < 4.78 is 0. The molecule has 3 rings (SSSR count). The van der Waals surface area contributed by atoms with Gasteiger partial charge in [0.1, 0.15) is 0 Å². The first kappa shape index (κ1) is 23.2. The molecule has 1 aromatic rings. The van der Waals surface area contributed by atoms with E-state index >= 15 is 0 Å². The number of hydrogen-bond acceptors (Lipinski definition) is 3. The van der Waals surface area contributed by atoms with Crippen molar-refractivity contribution in [2.24, 2.45) is 11.7 Å². The summed E-state index contributed by atoms with van der Waals surface area (Å²) in [5.41, 5.74) is 7.39. The van der Waals surface area contributed by atoms with Gasteiger partial charge in [-0.15, -0.1) is 24.8 Å². The lowest BCUT2D eigenvalue weighted by atomic mass is 9.85. The van der Waals surface area contributed by atoms with Crippen molar-refractivity contribution < 1.29 is 4.79 Å². The van der Waals surface area contributed by atoms with E-state index in [0.29, 0.717) is 12.1 Å². The Bertz CT molecular complexity index is 535. The molecule has 0 bridgehead atoms. The van der Waals surface area contributed by atoms with Crippen LogP contribution in [0.2, 0.25) is 0 Å². The molecule has 2 aliphatic rings. The lowest BCUT2D eigenvalue weighted by Gasteiger charge is -2.37. The quantitative estimate of drug-likeness (QED) is 0.808. The Morgan fingerprint density at radius 2 is 1.77 bits per heavy atom. The van der Waals surface area contributed by atoms with Gasteiger partial charge in [-0.25, -0.2) is 0 Å². The van der Waals surface area contributed by atoms with Gasteiger partial charge in [-0.1, -0.05) is 36.8 Å². The summed E-state index contributed by atoms with van der Waals surface area (Å²) in [7, 11) is 0. The number of halogens is 2. The second-order valence-corrected chi connectivity index (χ2v) is 7.53. The number of benzene rings is 1. The second kappa shape index (κ2) is 11.1. The van der Waals surface area contributed by atoms with Crippen LogP contribution in [0.4, 0.5) is 0 Å². The average Bonchev–Trinajstić information content (AvgIpc) is 2.62. The minimum Gasteiger partial charge on any atom is -0.353 e. The Hall–Kier alpha value is -0.810. The van der Waals surface area contributed by atoms with Crippen LogP contribution in [-0.2, 0) is 4.79 Å². The lowest BCUT2D eigenvalue weighted by Crippen LogP contribution is -2.47. The summed E-state index contributed by atoms with van der Waals surface area (Å²) in [5.74, 6) is 0.370. The SMILES string of the molecule is CC(c1ccccc1)N1CCC(NC(=O)C2CCCC(N)C2)CC1.Cl.Cl. The number of carbonyl (C=O) groups excluding carboxylic acids is 1. The van der Waals surface area contributed by atoms with E-state index in [1.165, 1.54) is 5.56 Å². The highest BCUT2D eigenvalue weighted by molar-refractivity contribution is 5.85. The number of carbonyl (C=O) groups is 1. The first-order chi connectivity index (χ1) is 11.6. The molecule has 4 nitrogen and oxygen atoms in total. The standard InChI is InChI=1S/C20H31N3O.2ClH/c1-15(16-6-3-2-4-7-16)23-12-10-19(11-13-23)22-20(24)17-8-5-9-18(21)14-17;;/h2-4,6-7,15,17-19H,5,8-14,21H2,1H3,(H,22,24);2*1H. The van der Waals surface area contributed by atoms with E-state index in [-0.39, 0.29) is 42.7 Å². The number of piperidine rings is 1. The van der Waals surface area contributed by atoms with Crippen LogP contribution in [0.3, 0.4) is 0 Å². The summed E-state index contributed by atoms with van der Waals surface area (Å²) >= 11 is 0. The summed E-state index contributed by atoms with van der Waals surface area (Å²) in [6.07, 6.45) is 6.11. The molecule has 1 saturated carbocycles. The molecule has 1 heterocycles. The van der Waals surface area contributed by atoms with Crippen LogP contribution in [0, 0.1) is 5.92 Å². The molecule has 1 aliphatic heterocycles. The van der Waals surface area contributed by atoms with Crippen molar-refractivity contribution in [3.05, 3.63) is 35.9 Å². The Kier molecular flexibility index (Phi) is 9.94. The molecular formula is C20H33Cl2N3O. The Labute approximate surface area is 170 Å². The average molecular weight is 402 g/mol. The lowest BCUT2D eigenvalue weighted by molar-refractivity contribution is -0.127. The van der Waals surface area contributed by atoms with Crippen LogP contribution in [-0.4, -0.2) is 36.0 Å². The molecule has 1 amide bonds. The van der Waals surface area contributed by atoms with E-state index in [0.717, 1.165) is 51.6 Å². The van der Waals surface area contributed by atoms with E-state index < -0.39 is 0 Å². The van der Waals surface area contributed by atoms with Crippen LogP contribution < -0.4 is 11.1 Å². The first-order valence-electron chi connectivity index (χ1n) is 9.48. The van der Waals surface area contributed by atoms with Crippen LogP contribution >= 0.6 is 24.8 Å². The van der Waals surface area contributed by atoms with Gasteiger partial charge >= 0.3 is 0 Å². The van der Waals surface area contributed by atoms with Crippen molar-refractivity contribution in [2.75, 3.05) is 13.1 Å². The fraction of sp³-hybridized carbons (Fsp3) is 0.650. The Morgan fingerprint density at radius 1 is 1.12 bits per heavy atom. The van der Waals surface area contributed by atoms with Crippen molar-refractivity contribution in [2.45, 2.75) is 63.6 Å². The van der Waals surface area contributed by atoms with E-state index in [1.54, 1.807) is 0 Å². The summed E-state index contributed by atoms with van der Waals surface area (Å²) in [6.45, 7) is 4.37. The van der Waals surface area contributed by atoms with Gasteiger partial charge in [0.15, 0.2) is 0 Å². The predicted octanol–water partition coefficient (Wildman–Crippen LogP) is 3.69. The summed E-state index contributed by atoms with van der Waals surface area (Å²) in [6, 6.07) is 11.7. The molecule has 2 fully saturated rings. The third kappa shape index (κ3) is 6.12. The summed E-state index contributed by atoms with van der Waals surface area (Å²) in [4.78, 5) is 15.0. The number of nitrogens with two attached hydrogens (primary N) is 1. The molecule has 1 aromatic carbocycles. The number of nitrogens with one attached hydrogen (secondary N) is 1. The number of rotatable bonds is 4. The largest absolute Gasteiger partial charge is 0.353 e. The first-order valence-corrected chi connectivity index (χ1v) is 9.48. The van der Waals surface area contributed by atoms with Gasteiger partial charge in [0.25, 0.3) is 0 Å². The highest BCUT2D eigenvalue weighted by Gasteiger charge is 2.29. The minimum absolute atomic E-state index is 0. The predicted molar refractivity (Wildman–Crippen MR) is 112 cm³/mol. The summed E-state index contributed by atoms with van der Waals surface area (Å²) in [5, 5.41) is 3.29. The monoisotopic (exact) mass is 401 g/mol. The maximum atomic E-state index is 12.5. The maximum Gasteiger partial charge on any atom is 0.223 e. The molecule has 0 aromatic heterocycles. The van der Waals surface area contributed by atoms with Crippen molar-refractivity contribution in [3.63, 3.8) is 0 Å². The smallest absolute Gasteiger partial charge is 0.223 e. The Balaban J connectivity index is 0.00000169. The molecule has 6 heteroatoms. The molecule has 148 valence electrons. The zero-order chi connectivity index (χ0) is 16.9. The van der Waals surface area contributed by atoms with Gasteiger partial charge in [-0.05, 0) is 44.6 Å². The van der Waals surface area contributed by atoms with Gasteiger partial charge in [-0.2, -0.15) is 0 Å². The van der Waals surface area contributed by atoms with Crippen LogP contribution in [0.15, 0.2) is 30.3 Å². The molecule has 1 saturated heterocycles. The highest BCUT2D eigenvalue weighted by atomic mass is 35.5. The van der Waals surface area contributed by atoms with Crippen molar-refractivity contribution >= 4 is 30.7 Å². The molecule has 3 unspecified atom stereocenters. The second-order valence-electron chi connectivity index (χ2n) is 7.53. The molecule has 26 heavy (non-hydrogen) atoms. The van der Waals surface area contributed by atoms with Crippen LogP contribution in [0.25, 0.3) is 0 Å². The fourth-order valence-electron chi connectivity index (χ4n) is 4.16. The Morgan fingerprint density at radius 3 is 2.38 bits per heavy atom. The highest BCUT2D eigenvalue weighted by Crippen LogP contribution is 2.26. The number of amides is 1. The van der Waals surface area contributed by atoms with Crippen molar-refractivity contribution in [1.29, 1.82) is 0 Å². The third-order valence-corrected chi connectivity index (χ3v) is 5.79. The molecule has 1 aliphatic carbocycles. The fourth-order valence-corrected chi connectivity index (χ4v) is 4.16. The number of likely N-dealkylation sites (tertiary alicyclic amines) is 1. The van der Waals surface area contributed by atoms with Gasteiger partial charge in [0.05, 0.1) is 0 Å². The topological polar surface area (TPSA) is 58.4 Å². The third-order valence-electron chi connectivity index (χ3n) is 5.79. The molecule has 3 atom stereocenters. The van der Waals surface area contributed by atoms with Gasteiger partial charge in [0, 0.05) is 37.1 Å². The molecule has 0 spiro atoms. The van der Waals surface area contributed by atoms with E-state index in [1.807, 2.05) is 0 Å². The normalized spacial score (nSPS) is 25.5. The molecule has 3 N–H and O–H groups in total. The van der Waals surface area contributed by atoms with Crippen LogP contribution in [0.5, 0.6) is 0 Å². The van der Waals surface area contributed by atoms with Gasteiger partial charge < -0.3 is 11.1 Å². The van der Waals surface area contributed by atoms with Crippen molar-refractivity contribution in [1.82, 2.24) is 10.2 Å². The minimum atomic E-state index is 0. The van der Waals surface area contributed by atoms with Crippen LogP contribution in [0.1, 0.15) is 57.1 Å². The van der Waals surface area contributed by atoms with Gasteiger partial charge in [-0.3, -0.25) is 9.69 Å². The van der Waals surface area contributed by atoms with E-state index in [4.69, 9.17) is 5.73 Å². The zero-order valence-corrected chi connectivity index (χ0v) is 17.2. The number of hydrogen-bond donors (Lipinski definition) is 2. The zero-order valence-electron chi connectivity index (χ0n) is 15.6. The molecule has 0 radical (unpaired) electrons. The molecular weight excluding hydrogens is 369 g/mol. The van der Waals surface area contributed by atoms with E-state index in [9.17, 15) is 4.79 Å². The number of nitrogens with zero attached hydrogens (tertiary/aromatic N) is 1. The maximum absolute atomic E-state index is 12.5. The van der Waals surface area contributed by atoms with Crippen molar-refractivity contribution in [3.8, 4) is 0 Å².